The number of rotatable bonds is 7. The van der Waals surface area contributed by atoms with Crippen LogP contribution in [-0.2, 0) is 0 Å². The van der Waals surface area contributed by atoms with Gasteiger partial charge in [-0.15, -0.1) is 0 Å². The van der Waals surface area contributed by atoms with E-state index in [1.807, 2.05) is 18.2 Å². The molecule has 5 nitrogen and oxygen atoms in total. The van der Waals surface area contributed by atoms with Gasteiger partial charge < -0.3 is 20.8 Å². The van der Waals surface area contributed by atoms with Crippen LogP contribution in [0.5, 0.6) is 11.5 Å². The molecule has 0 spiro atoms. The van der Waals surface area contributed by atoms with Gasteiger partial charge in [-0.05, 0) is 67.4 Å². The fraction of sp³-hybridized carbons (Fsp3) is 0.321. The Morgan fingerprint density at radius 3 is 2.50 bits per heavy atom. The minimum atomic E-state index is -0.501. The Balaban J connectivity index is 1.87. The van der Waals surface area contributed by atoms with Gasteiger partial charge in [-0.3, -0.25) is 4.79 Å². The first-order valence-electron chi connectivity index (χ1n) is 11.7. The van der Waals surface area contributed by atoms with E-state index in [1.165, 1.54) is 18.2 Å². The Bertz CT molecular complexity index is 1170. The van der Waals surface area contributed by atoms with Crippen LogP contribution in [-0.4, -0.2) is 47.1 Å². The summed E-state index contributed by atoms with van der Waals surface area (Å²) in [5.41, 5.74) is 8.21. The van der Waals surface area contributed by atoms with Crippen LogP contribution in [0.25, 0.3) is 0 Å². The average Bonchev–Trinajstić information content (AvgIpc) is 2.84. The minimum absolute atomic E-state index is 0.0254. The molecule has 4 rings (SSSR count). The van der Waals surface area contributed by atoms with Crippen LogP contribution in [0, 0.1) is 18.7 Å². The number of phenolic OH excluding ortho intramolecular Hbond substituents is 2. The van der Waals surface area contributed by atoms with Crippen molar-refractivity contribution in [3.05, 3.63) is 94.8 Å². The zero-order valence-electron chi connectivity index (χ0n) is 19.3. The van der Waals surface area contributed by atoms with E-state index in [4.69, 9.17) is 5.73 Å². The van der Waals surface area contributed by atoms with Gasteiger partial charge in [0.25, 0.3) is 0 Å². The Morgan fingerprint density at radius 2 is 1.76 bits per heavy atom. The summed E-state index contributed by atoms with van der Waals surface area (Å²) < 4.78 is 14.7. The third-order valence-electron chi connectivity index (χ3n) is 6.93. The molecule has 1 fully saturated rings. The predicted molar refractivity (Wildman–Crippen MR) is 131 cm³/mol. The number of carbonyl (C=O) groups excluding carboxylic acids is 1. The van der Waals surface area contributed by atoms with Crippen molar-refractivity contribution >= 4 is 5.78 Å². The highest BCUT2D eigenvalue weighted by atomic mass is 19.1. The maximum Gasteiger partial charge on any atom is 0.167 e. The quantitative estimate of drug-likeness (QED) is 0.448. The Kier molecular flexibility index (Phi) is 7.29. The summed E-state index contributed by atoms with van der Waals surface area (Å²) in [5.74, 6) is -1.33. The first-order chi connectivity index (χ1) is 16.4. The molecule has 1 aliphatic rings. The minimum Gasteiger partial charge on any atom is -0.508 e. The number of benzene rings is 3. The standard InChI is InChI=1S/C28H31FN2O3/c1-18-21(10-5-11-25(18)29)27-23(22-9-2-3-12-26(22)33)16-31(14-6-13-30)17-24(27)28(34)19-7-4-8-20(32)15-19/h2-5,7-12,15,23-24,27,32-33H,6,13-14,16-17,30H2,1H3/t23-,24+,27-/m1/s1. The number of para-hydroxylation sites is 1. The monoisotopic (exact) mass is 462 g/mol. The number of aromatic hydroxyl groups is 2. The molecule has 1 heterocycles. The van der Waals surface area contributed by atoms with Crippen molar-refractivity contribution in [1.82, 2.24) is 4.90 Å². The lowest BCUT2D eigenvalue weighted by Crippen LogP contribution is -2.47. The lowest BCUT2D eigenvalue weighted by molar-refractivity contribution is 0.0736. The molecular formula is C28H31FN2O3. The van der Waals surface area contributed by atoms with Crippen LogP contribution in [0.15, 0.2) is 66.7 Å². The second-order valence-electron chi connectivity index (χ2n) is 9.07. The molecule has 0 saturated carbocycles. The molecule has 0 bridgehead atoms. The van der Waals surface area contributed by atoms with E-state index in [-0.39, 0.29) is 34.9 Å². The number of nitrogens with two attached hydrogens (primary N) is 1. The number of halogens is 1. The highest BCUT2D eigenvalue weighted by Gasteiger charge is 2.43. The second kappa shape index (κ2) is 10.4. The van der Waals surface area contributed by atoms with Crippen molar-refractivity contribution in [3.8, 4) is 11.5 Å². The molecule has 1 saturated heterocycles. The Morgan fingerprint density at radius 1 is 1.03 bits per heavy atom. The van der Waals surface area contributed by atoms with E-state index in [0.29, 0.717) is 30.8 Å². The van der Waals surface area contributed by atoms with Gasteiger partial charge in [-0.25, -0.2) is 4.39 Å². The summed E-state index contributed by atoms with van der Waals surface area (Å²) in [7, 11) is 0. The third kappa shape index (κ3) is 4.83. The van der Waals surface area contributed by atoms with Crippen molar-refractivity contribution in [2.24, 2.45) is 11.7 Å². The van der Waals surface area contributed by atoms with Gasteiger partial charge in [0.2, 0.25) is 0 Å². The predicted octanol–water partition coefficient (Wildman–Crippen LogP) is 4.58. The smallest absolute Gasteiger partial charge is 0.167 e. The van der Waals surface area contributed by atoms with Crippen molar-refractivity contribution in [3.63, 3.8) is 0 Å². The number of hydrogen-bond acceptors (Lipinski definition) is 5. The largest absolute Gasteiger partial charge is 0.508 e. The highest BCUT2D eigenvalue weighted by Crippen LogP contribution is 2.47. The molecule has 0 aliphatic carbocycles. The van der Waals surface area contributed by atoms with Crippen LogP contribution in [0.1, 0.15) is 45.3 Å². The topological polar surface area (TPSA) is 86.8 Å². The molecule has 1 aliphatic heterocycles. The zero-order chi connectivity index (χ0) is 24.2. The van der Waals surface area contributed by atoms with Gasteiger partial charge in [0.15, 0.2) is 5.78 Å². The number of Topliss-reactive ketones (excluding diaryl/α,β-unsaturated/α-hetero) is 1. The summed E-state index contributed by atoms with van der Waals surface area (Å²) in [6.45, 7) is 4.10. The molecule has 0 radical (unpaired) electrons. The summed E-state index contributed by atoms with van der Waals surface area (Å²) in [6, 6.07) is 18.5. The number of carbonyl (C=O) groups is 1. The third-order valence-corrected chi connectivity index (χ3v) is 6.93. The summed E-state index contributed by atoms with van der Waals surface area (Å²) in [4.78, 5) is 16.1. The molecule has 0 amide bonds. The number of likely N-dealkylation sites (tertiary alicyclic amines) is 1. The van der Waals surface area contributed by atoms with E-state index in [0.717, 1.165) is 24.1 Å². The zero-order valence-corrected chi connectivity index (χ0v) is 19.3. The van der Waals surface area contributed by atoms with Crippen LogP contribution in [0.4, 0.5) is 4.39 Å². The van der Waals surface area contributed by atoms with E-state index >= 15 is 0 Å². The van der Waals surface area contributed by atoms with Crippen LogP contribution in [0.3, 0.4) is 0 Å². The number of piperidine rings is 1. The molecule has 6 heteroatoms. The molecule has 3 atom stereocenters. The summed E-state index contributed by atoms with van der Waals surface area (Å²) >= 11 is 0. The van der Waals surface area contributed by atoms with Crippen molar-refractivity contribution in [2.75, 3.05) is 26.2 Å². The summed E-state index contributed by atoms with van der Waals surface area (Å²) in [6.07, 6.45) is 0.782. The lowest BCUT2D eigenvalue weighted by Gasteiger charge is -2.44. The fourth-order valence-electron chi connectivity index (χ4n) is 5.27. The molecule has 3 aromatic rings. The fourth-order valence-corrected chi connectivity index (χ4v) is 5.27. The first kappa shape index (κ1) is 23.9. The number of nitrogens with zero attached hydrogens (tertiary/aromatic N) is 1. The molecule has 0 unspecified atom stereocenters. The van der Waals surface area contributed by atoms with Gasteiger partial charge >= 0.3 is 0 Å². The van der Waals surface area contributed by atoms with Crippen molar-refractivity contribution in [2.45, 2.75) is 25.2 Å². The average molecular weight is 463 g/mol. The summed E-state index contributed by atoms with van der Waals surface area (Å²) in [5, 5.41) is 20.8. The molecular weight excluding hydrogens is 431 g/mol. The SMILES string of the molecule is Cc1c(F)cccc1[C@H]1[C@@H](C(=O)c2cccc(O)c2)CN(CCCN)C[C@@H]1c1ccccc1O. The second-order valence-corrected chi connectivity index (χ2v) is 9.07. The van der Waals surface area contributed by atoms with Crippen LogP contribution >= 0.6 is 0 Å². The maximum atomic E-state index is 14.7. The molecule has 4 N–H and O–H groups in total. The number of phenols is 2. The van der Waals surface area contributed by atoms with Crippen LogP contribution in [0.2, 0.25) is 0 Å². The van der Waals surface area contributed by atoms with E-state index in [9.17, 15) is 19.4 Å². The Labute approximate surface area is 199 Å². The van der Waals surface area contributed by atoms with Gasteiger partial charge in [-0.2, -0.15) is 0 Å². The Hall–Kier alpha value is -3.22. The van der Waals surface area contributed by atoms with Crippen molar-refractivity contribution in [1.29, 1.82) is 0 Å². The molecule has 34 heavy (non-hydrogen) atoms. The van der Waals surface area contributed by atoms with Crippen molar-refractivity contribution < 1.29 is 19.4 Å². The highest BCUT2D eigenvalue weighted by molar-refractivity contribution is 5.99. The first-order valence-corrected chi connectivity index (χ1v) is 11.7. The van der Waals surface area contributed by atoms with Gasteiger partial charge in [0.1, 0.15) is 17.3 Å². The van der Waals surface area contributed by atoms with E-state index in [1.54, 1.807) is 37.3 Å². The normalized spacial score (nSPS) is 20.9. The van der Waals surface area contributed by atoms with E-state index in [2.05, 4.69) is 4.90 Å². The van der Waals surface area contributed by atoms with Crippen LogP contribution < -0.4 is 5.73 Å². The van der Waals surface area contributed by atoms with Gasteiger partial charge in [0.05, 0.1) is 0 Å². The number of hydrogen-bond donors (Lipinski definition) is 3. The molecule has 3 aromatic carbocycles. The van der Waals surface area contributed by atoms with E-state index < -0.39 is 5.92 Å². The van der Waals surface area contributed by atoms with Gasteiger partial charge in [-0.1, -0.05) is 42.5 Å². The van der Waals surface area contributed by atoms with Gasteiger partial charge in [0, 0.05) is 36.4 Å². The lowest BCUT2D eigenvalue weighted by atomic mass is 9.67. The number of ketones is 1. The molecule has 178 valence electrons. The maximum absolute atomic E-state index is 14.7. The molecule has 0 aromatic heterocycles.